The molecule has 2 heterocycles. The van der Waals surface area contributed by atoms with Crippen molar-refractivity contribution in [3.8, 4) is 0 Å². The molecule has 2 aromatic rings. The van der Waals surface area contributed by atoms with Crippen molar-refractivity contribution in [1.82, 2.24) is 19.7 Å². The number of benzene rings is 1. The van der Waals surface area contributed by atoms with E-state index in [0.717, 1.165) is 5.56 Å². The molecule has 0 unspecified atom stereocenters. The summed E-state index contributed by atoms with van der Waals surface area (Å²) in [4.78, 5) is 17.9. The van der Waals surface area contributed by atoms with Crippen LogP contribution in [-0.2, 0) is 16.1 Å². The Bertz CT molecular complexity index is 602. The highest BCUT2D eigenvalue weighted by atomic mass is 16.5. The number of carbonyl (C=O) groups excluding carboxylic acids is 1. The number of primary amides is 1. The van der Waals surface area contributed by atoms with Crippen molar-refractivity contribution < 1.29 is 9.53 Å². The summed E-state index contributed by atoms with van der Waals surface area (Å²) in [5.41, 5.74) is 6.55. The minimum atomic E-state index is -0.427. The maximum atomic E-state index is 11.9. The highest BCUT2D eigenvalue weighted by Gasteiger charge is 2.31. The topological polar surface area (TPSA) is 86.3 Å². The molecule has 0 saturated carbocycles. The average molecular weight is 301 g/mol. The van der Waals surface area contributed by atoms with Gasteiger partial charge in [-0.25, -0.2) is 4.98 Å². The Morgan fingerprint density at radius 2 is 2.23 bits per heavy atom. The van der Waals surface area contributed by atoms with Crippen LogP contribution in [0.1, 0.15) is 11.6 Å². The molecule has 3 rings (SSSR count). The minimum Gasteiger partial charge on any atom is -0.374 e. The van der Waals surface area contributed by atoms with Gasteiger partial charge < -0.3 is 10.5 Å². The summed E-state index contributed by atoms with van der Waals surface area (Å²) in [6.45, 7) is 2.48. The number of ether oxygens (including phenoxy) is 1. The van der Waals surface area contributed by atoms with Gasteiger partial charge in [-0.2, -0.15) is 5.10 Å². The Labute approximate surface area is 128 Å². The molecule has 0 spiro atoms. The van der Waals surface area contributed by atoms with E-state index in [4.69, 9.17) is 10.5 Å². The first kappa shape index (κ1) is 14.7. The number of hydrogen-bond acceptors (Lipinski definition) is 5. The second kappa shape index (κ2) is 6.67. The highest BCUT2D eigenvalue weighted by molar-refractivity contribution is 5.81. The highest BCUT2D eigenvalue weighted by Crippen LogP contribution is 2.23. The van der Waals surface area contributed by atoms with E-state index in [2.05, 4.69) is 15.0 Å². The van der Waals surface area contributed by atoms with E-state index >= 15 is 0 Å². The lowest BCUT2D eigenvalue weighted by molar-refractivity contribution is -0.127. The van der Waals surface area contributed by atoms with Crippen molar-refractivity contribution in [2.45, 2.75) is 18.7 Å². The molecule has 7 nitrogen and oxygen atoms in total. The number of morpholine rings is 1. The second-order valence-electron chi connectivity index (χ2n) is 5.32. The summed E-state index contributed by atoms with van der Waals surface area (Å²) in [5.74, 6) is -0.340. The SMILES string of the molecule is NC(=O)[C@@H](c1ccccc1)N1CCO[C@H](Cn2cncn2)C1. The normalized spacial score (nSPS) is 20.6. The molecule has 2 atom stereocenters. The third-order valence-electron chi connectivity index (χ3n) is 3.78. The zero-order valence-electron chi connectivity index (χ0n) is 12.2. The van der Waals surface area contributed by atoms with Crippen LogP contribution in [0.2, 0.25) is 0 Å². The van der Waals surface area contributed by atoms with Gasteiger partial charge in [0.05, 0.1) is 19.3 Å². The summed E-state index contributed by atoms with van der Waals surface area (Å²) in [7, 11) is 0. The van der Waals surface area contributed by atoms with Crippen LogP contribution >= 0.6 is 0 Å². The van der Waals surface area contributed by atoms with Crippen molar-refractivity contribution >= 4 is 5.91 Å². The standard InChI is InChI=1S/C15H19N5O2/c16-15(21)14(12-4-2-1-3-5-12)19-6-7-22-13(8-19)9-20-11-17-10-18-20/h1-5,10-11,13-14H,6-9H2,(H2,16,21)/t13-,14+/m0/s1. The molecule has 1 aromatic heterocycles. The number of nitrogens with zero attached hydrogens (tertiary/aromatic N) is 4. The quantitative estimate of drug-likeness (QED) is 0.853. The first-order valence-corrected chi connectivity index (χ1v) is 7.26. The molecule has 2 N–H and O–H groups in total. The largest absolute Gasteiger partial charge is 0.374 e. The Morgan fingerprint density at radius 3 is 2.91 bits per heavy atom. The summed E-state index contributed by atoms with van der Waals surface area (Å²) >= 11 is 0. The Kier molecular flexibility index (Phi) is 4.45. The third-order valence-corrected chi connectivity index (χ3v) is 3.78. The molecule has 0 aliphatic carbocycles. The molecule has 1 aromatic carbocycles. The first-order chi connectivity index (χ1) is 10.7. The van der Waals surface area contributed by atoms with E-state index in [1.807, 2.05) is 30.3 Å². The number of amides is 1. The molecule has 116 valence electrons. The number of hydrogen-bond donors (Lipinski definition) is 1. The molecule has 1 aliphatic heterocycles. The van der Waals surface area contributed by atoms with Crippen LogP contribution in [0.3, 0.4) is 0 Å². The van der Waals surface area contributed by atoms with Gasteiger partial charge >= 0.3 is 0 Å². The van der Waals surface area contributed by atoms with Crippen LogP contribution in [0.15, 0.2) is 43.0 Å². The average Bonchev–Trinajstić information content (AvgIpc) is 3.01. The molecule has 0 bridgehead atoms. The predicted molar refractivity (Wildman–Crippen MR) is 79.7 cm³/mol. The fraction of sp³-hybridized carbons (Fsp3) is 0.400. The third kappa shape index (κ3) is 3.32. The second-order valence-corrected chi connectivity index (χ2v) is 5.32. The van der Waals surface area contributed by atoms with E-state index in [1.165, 1.54) is 6.33 Å². The number of carbonyl (C=O) groups is 1. The molecular formula is C15H19N5O2. The predicted octanol–water partition coefficient (Wildman–Crippen LogP) is 0.205. The van der Waals surface area contributed by atoms with Crippen molar-refractivity contribution in [2.24, 2.45) is 5.73 Å². The van der Waals surface area contributed by atoms with Gasteiger partial charge in [0.15, 0.2) is 0 Å². The van der Waals surface area contributed by atoms with E-state index in [-0.39, 0.29) is 12.0 Å². The van der Waals surface area contributed by atoms with Crippen LogP contribution < -0.4 is 5.73 Å². The molecular weight excluding hydrogens is 282 g/mol. The maximum Gasteiger partial charge on any atom is 0.239 e. The molecule has 1 saturated heterocycles. The van der Waals surface area contributed by atoms with Crippen LogP contribution in [0.25, 0.3) is 0 Å². The fourth-order valence-electron chi connectivity index (χ4n) is 2.81. The van der Waals surface area contributed by atoms with Gasteiger partial charge in [0.25, 0.3) is 0 Å². The van der Waals surface area contributed by atoms with Crippen molar-refractivity contribution in [3.63, 3.8) is 0 Å². The number of aromatic nitrogens is 3. The summed E-state index contributed by atoms with van der Waals surface area (Å²) in [6, 6.07) is 9.18. The van der Waals surface area contributed by atoms with Gasteiger partial charge in [-0.1, -0.05) is 30.3 Å². The van der Waals surface area contributed by atoms with Gasteiger partial charge in [0.1, 0.15) is 18.7 Å². The fourth-order valence-corrected chi connectivity index (χ4v) is 2.81. The molecule has 0 radical (unpaired) electrons. The molecule has 22 heavy (non-hydrogen) atoms. The van der Waals surface area contributed by atoms with Crippen LogP contribution in [-0.4, -0.2) is 51.4 Å². The lowest BCUT2D eigenvalue weighted by Crippen LogP contribution is -2.49. The minimum absolute atomic E-state index is 0.0407. The van der Waals surface area contributed by atoms with Crippen LogP contribution in [0.4, 0.5) is 0 Å². The van der Waals surface area contributed by atoms with Gasteiger partial charge in [0.2, 0.25) is 5.91 Å². The number of nitrogens with two attached hydrogens (primary N) is 1. The lowest BCUT2D eigenvalue weighted by Gasteiger charge is -2.37. The molecule has 1 aliphatic rings. The summed E-state index contributed by atoms with van der Waals surface area (Å²) in [6.07, 6.45) is 3.11. The Morgan fingerprint density at radius 1 is 1.41 bits per heavy atom. The van der Waals surface area contributed by atoms with Gasteiger partial charge in [-0.3, -0.25) is 14.4 Å². The zero-order chi connectivity index (χ0) is 15.4. The van der Waals surface area contributed by atoms with Crippen molar-refractivity contribution in [1.29, 1.82) is 0 Å². The summed E-state index contributed by atoms with van der Waals surface area (Å²) < 4.78 is 7.50. The maximum absolute atomic E-state index is 11.9. The van der Waals surface area contributed by atoms with Crippen LogP contribution in [0.5, 0.6) is 0 Å². The summed E-state index contributed by atoms with van der Waals surface area (Å²) in [5, 5.41) is 4.09. The Hall–Kier alpha value is -2.25. The van der Waals surface area contributed by atoms with E-state index < -0.39 is 6.04 Å². The van der Waals surface area contributed by atoms with Crippen LogP contribution in [0, 0.1) is 0 Å². The van der Waals surface area contributed by atoms with Gasteiger partial charge in [-0.05, 0) is 5.56 Å². The lowest BCUT2D eigenvalue weighted by atomic mass is 10.0. The first-order valence-electron chi connectivity index (χ1n) is 7.26. The van der Waals surface area contributed by atoms with Gasteiger partial charge in [0, 0.05) is 13.1 Å². The molecule has 7 heteroatoms. The van der Waals surface area contributed by atoms with Crippen molar-refractivity contribution in [2.75, 3.05) is 19.7 Å². The smallest absolute Gasteiger partial charge is 0.239 e. The monoisotopic (exact) mass is 301 g/mol. The van der Waals surface area contributed by atoms with Crippen molar-refractivity contribution in [3.05, 3.63) is 48.5 Å². The van der Waals surface area contributed by atoms with Gasteiger partial charge in [-0.15, -0.1) is 0 Å². The van der Waals surface area contributed by atoms with E-state index in [0.29, 0.717) is 26.2 Å². The molecule has 1 fully saturated rings. The number of rotatable bonds is 5. The zero-order valence-corrected chi connectivity index (χ0v) is 12.2. The Balaban J connectivity index is 1.73. The molecule has 1 amide bonds. The van der Waals surface area contributed by atoms with E-state index in [1.54, 1.807) is 11.0 Å². The van der Waals surface area contributed by atoms with E-state index in [9.17, 15) is 4.79 Å².